The van der Waals surface area contributed by atoms with Crippen LogP contribution in [0.1, 0.15) is 65.8 Å². The fourth-order valence-corrected chi connectivity index (χ4v) is 3.31. The van der Waals surface area contributed by atoms with Crippen LogP contribution in [-0.4, -0.2) is 29.0 Å². The Bertz CT molecular complexity index is 817. The smallest absolute Gasteiger partial charge is 0.261 e. The molecule has 1 aliphatic rings. The summed E-state index contributed by atoms with van der Waals surface area (Å²) in [5.74, 6) is -0.434. The summed E-state index contributed by atoms with van der Waals surface area (Å²) < 4.78 is 0. The summed E-state index contributed by atoms with van der Waals surface area (Å²) in [4.78, 5) is 26.9. The van der Waals surface area contributed by atoms with E-state index >= 15 is 0 Å². The van der Waals surface area contributed by atoms with Gasteiger partial charge in [-0.1, -0.05) is 44.9 Å². The molecule has 2 aromatic carbocycles. The van der Waals surface area contributed by atoms with E-state index in [-0.39, 0.29) is 11.8 Å². The summed E-state index contributed by atoms with van der Waals surface area (Å²) in [6, 6.07) is 9.16. The number of hydrogen-bond donors (Lipinski definition) is 1. The molecule has 0 aromatic heterocycles. The SMILES string of the molecule is CCCCN1C(=O)c2cccc3c(C(=N)CCC)ccc(c23)C1=O. The lowest BCUT2D eigenvalue weighted by Crippen LogP contribution is -2.40. The van der Waals surface area contributed by atoms with E-state index in [4.69, 9.17) is 5.41 Å². The van der Waals surface area contributed by atoms with E-state index in [1.807, 2.05) is 32.0 Å². The first kappa shape index (κ1) is 16.4. The Kier molecular flexibility index (Phi) is 4.47. The maximum atomic E-state index is 12.8. The molecule has 0 bridgehead atoms. The molecule has 0 unspecified atom stereocenters. The van der Waals surface area contributed by atoms with Gasteiger partial charge < -0.3 is 5.41 Å². The highest BCUT2D eigenvalue weighted by atomic mass is 16.2. The number of hydrogen-bond acceptors (Lipinski definition) is 3. The highest BCUT2D eigenvalue weighted by molar-refractivity contribution is 6.27. The molecule has 0 radical (unpaired) electrons. The van der Waals surface area contributed by atoms with Crippen molar-refractivity contribution in [2.45, 2.75) is 39.5 Å². The zero-order chi connectivity index (χ0) is 17.3. The number of unbranched alkanes of at least 4 members (excludes halogenated alkanes) is 1. The Hall–Kier alpha value is -2.49. The van der Waals surface area contributed by atoms with Crippen molar-refractivity contribution in [3.63, 3.8) is 0 Å². The second-order valence-electron chi connectivity index (χ2n) is 6.23. The van der Waals surface area contributed by atoms with Crippen LogP contribution in [0.25, 0.3) is 10.8 Å². The van der Waals surface area contributed by atoms with Gasteiger partial charge in [0, 0.05) is 34.3 Å². The molecule has 4 nitrogen and oxygen atoms in total. The summed E-state index contributed by atoms with van der Waals surface area (Å²) in [7, 11) is 0. The molecule has 0 aliphatic carbocycles. The van der Waals surface area contributed by atoms with Crippen molar-refractivity contribution in [2.24, 2.45) is 0 Å². The molecule has 4 heteroatoms. The summed E-state index contributed by atoms with van der Waals surface area (Å²) in [5.41, 5.74) is 2.52. The first-order chi connectivity index (χ1) is 11.6. The highest BCUT2D eigenvalue weighted by Crippen LogP contribution is 2.32. The number of benzene rings is 2. The molecule has 2 aromatic rings. The third-order valence-electron chi connectivity index (χ3n) is 4.55. The number of nitrogens with one attached hydrogen (secondary N) is 1. The minimum atomic E-state index is -0.217. The van der Waals surface area contributed by atoms with Crippen molar-refractivity contribution < 1.29 is 9.59 Å². The van der Waals surface area contributed by atoms with Gasteiger partial charge in [-0.05, 0) is 30.4 Å². The zero-order valence-corrected chi connectivity index (χ0v) is 14.2. The van der Waals surface area contributed by atoms with Crippen LogP contribution in [0.5, 0.6) is 0 Å². The molecule has 0 spiro atoms. The third-order valence-corrected chi connectivity index (χ3v) is 4.55. The standard InChI is InChI=1S/C20H22N2O2/c1-3-5-12-22-19(23)15-9-6-8-14-13(17(21)7-4-2)10-11-16(18(14)15)20(22)24/h6,8-11,21H,3-5,7,12H2,1-2H3. The molecular formula is C20H22N2O2. The van der Waals surface area contributed by atoms with Gasteiger partial charge in [-0.2, -0.15) is 0 Å². The Labute approximate surface area is 142 Å². The molecule has 124 valence electrons. The van der Waals surface area contributed by atoms with E-state index in [0.29, 0.717) is 35.2 Å². The topological polar surface area (TPSA) is 61.2 Å². The second-order valence-corrected chi connectivity index (χ2v) is 6.23. The number of nitrogens with zero attached hydrogens (tertiary/aromatic N) is 1. The van der Waals surface area contributed by atoms with Crippen molar-refractivity contribution in [3.05, 3.63) is 47.0 Å². The van der Waals surface area contributed by atoms with Gasteiger partial charge in [0.05, 0.1) is 0 Å². The first-order valence-corrected chi connectivity index (χ1v) is 8.59. The van der Waals surface area contributed by atoms with E-state index in [2.05, 4.69) is 0 Å². The molecular weight excluding hydrogens is 300 g/mol. The normalized spacial score (nSPS) is 13.7. The lowest BCUT2D eigenvalue weighted by atomic mass is 9.89. The maximum absolute atomic E-state index is 12.8. The van der Waals surface area contributed by atoms with Crippen LogP contribution in [0, 0.1) is 5.41 Å². The Balaban J connectivity index is 2.18. The summed E-state index contributed by atoms with van der Waals surface area (Å²) in [6.07, 6.45) is 3.32. The van der Waals surface area contributed by atoms with Crippen molar-refractivity contribution in [2.75, 3.05) is 6.54 Å². The van der Waals surface area contributed by atoms with E-state index in [1.54, 1.807) is 12.1 Å². The molecule has 0 saturated carbocycles. The van der Waals surface area contributed by atoms with Crippen LogP contribution in [0.4, 0.5) is 0 Å². The number of rotatable bonds is 6. The third kappa shape index (κ3) is 2.52. The number of carbonyl (C=O) groups excluding carboxylic acids is 2. The van der Waals surface area contributed by atoms with Crippen LogP contribution in [-0.2, 0) is 0 Å². The van der Waals surface area contributed by atoms with E-state index in [1.165, 1.54) is 4.90 Å². The van der Waals surface area contributed by atoms with Gasteiger partial charge in [0.1, 0.15) is 0 Å². The van der Waals surface area contributed by atoms with E-state index in [0.717, 1.165) is 30.2 Å². The van der Waals surface area contributed by atoms with Gasteiger partial charge in [-0.3, -0.25) is 14.5 Å². The van der Waals surface area contributed by atoms with Gasteiger partial charge in [0.25, 0.3) is 11.8 Å². The van der Waals surface area contributed by atoms with Crippen LogP contribution >= 0.6 is 0 Å². The first-order valence-electron chi connectivity index (χ1n) is 8.59. The zero-order valence-electron chi connectivity index (χ0n) is 14.2. The lowest BCUT2D eigenvalue weighted by Gasteiger charge is -2.27. The second kappa shape index (κ2) is 6.56. The molecule has 0 saturated heterocycles. The predicted octanol–water partition coefficient (Wildman–Crippen LogP) is 4.40. The van der Waals surface area contributed by atoms with Crippen LogP contribution in [0.2, 0.25) is 0 Å². The quantitative estimate of drug-likeness (QED) is 0.633. The molecule has 24 heavy (non-hydrogen) atoms. The van der Waals surface area contributed by atoms with Gasteiger partial charge >= 0.3 is 0 Å². The molecule has 0 fully saturated rings. The van der Waals surface area contributed by atoms with Crippen LogP contribution in [0.15, 0.2) is 30.3 Å². The van der Waals surface area contributed by atoms with Crippen molar-refractivity contribution >= 4 is 28.3 Å². The Morgan fingerprint density at radius 1 is 1.00 bits per heavy atom. The summed E-state index contributed by atoms with van der Waals surface area (Å²) in [6.45, 7) is 4.54. The minimum Gasteiger partial charge on any atom is -0.305 e. The molecule has 2 amide bonds. The highest BCUT2D eigenvalue weighted by Gasteiger charge is 2.32. The van der Waals surface area contributed by atoms with Crippen LogP contribution in [0.3, 0.4) is 0 Å². The minimum absolute atomic E-state index is 0.217. The number of carbonyl (C=O) groups is 2. The predicted molar refractivity (Wildman–Crippen MR) is 96.0 cm³/mol. The summed E-state index contributed by atoms with van der Waals surface area (Å²) in [5, 5.41) is 9.82. The molecule has 1 aliphatic heterocycles. The Morgan fingerprint density at radius 3 is 2.38 bits per heavy atom. The molecule has 0 atom stereocenters. The fourth-order valence-electron chi connectivity index (χ4n) is 3.31. The molecule has 1 heterocycles. The van der Waals surface area contributed by atoms with E-state index < -0.39 is 0 Å². The monoisotopic (exact) mass is 322 g/mol. The van der Waals surface area contributed by atoms with Gasteiger partial charge in [0.2, 0.25) is 0 Å². The van der Waals surface area contributed by atoms with Gasteiger partial charge in [-0.15, -0.1) is 0 Å². The lowest BCUT2D eigenvalue weighted by molar-refractivity contribution is 0.0608. The largest absolute Gasteiger partial charge is 0.305 e. The van der Waals surface area contributed by atoms with Crippen molar-refractivity contribution in [1.82, 2.24) is 4.90 Å². The van der Waals surface area contributed by atoms with E-state index in [9.17, 15) is 9.59 Å². The maximum Gasteiger partial charge on any atom is 0.261 e. The molecule has 1 N–H and O–H groups in total. The number of imide groups is 1. The average Bonchev–Trinajstić information content (AvgIpc) is 2.59. The van der Waals surface area contributed by atoms with Gasteiger partial charge in [-0.25, -0.2) is 0 Å². The fraction of sp³-hybridized carbons (Fsp3) is 0.350. The summed E-state index contributed by atoms with van der Waals surface area (Å²) >= 11 is 0. The average molecular weight is 322 g/mol. The molecule has 3 rings (SSSR count). The van der Waals surface area contributed by atoms with Crippen molar-refractivity contribution in [3.8, 4) is 0 Å². The van der Waals surface area contributed by atoms with Gasteiger partial charge in [0.15, 0.2) is 0 Å². The number of amides is 2. The van der Waals surface area contributed by atoms with Crippen molar-refractivity contribution in [1.29, 1.82) is 5.41 Å². The Morgan fingerprint density at radius 2 is 1.71 bits per heavy atom. The van der Waals surface area contributed by atoms with Crippen LogP contribution < -0.4 is 0 Å².